The number of nitrogens with zero attached hydrogens (tertiary/aromatic N) is 2. The zero-order chi connectivity index (χ0) is 21.1. The average Bonchev–Trinajstić information content (AvgIpc) is 2.70. The van der Waals surface area contributed by atoms with E-state index in [9.17, 15) is 0 Å². The third kappa shape index (κ3) is 7.26. The number of ether oxygens (including phenoxy) is 2. The van der Waals surface area contributed by atoms with E-state index in [2.05, 4.69) is 24.0 Å². The van der Waals surface area contributed by atoms with Crippen LogP contribution >= 0.6 is 0 Å². The molecular formula is C24H32N2O3. The van der Waals surface area contributed by atoms with E-state index in [1.807, 2.05) is 56.5 Å². The molecule has 5 nitrogen and oxygen atoms in total. The predicted octanol–water partition coefficient (Wildman–Crippen LogP) is 5.43. The standard InChI is InChI=1S/C24H32N2O3/c1-6-7-13-28-23-15-18(2)24(19(3)16-23)29-14-9-8-10-22-12-11-21(17-25-22)20(4)26-27-5/h6-7,11-12,15-17H,8-10,13-14H2,1-5H3/b7-6+,26-20?. The summed E-state index contributed by atoms with van der Waals surface area (Å²) in [6.45, 7) is 9.29. The van der Waals surface area contributed by atoms with E-state index in [0.717, 1.165) is 58.9 Å². The number of aromatic nitrogens is 1. The van der Waals surface area contributed by atoms with E-state index in [0.29, 0.717) is 13.2 Å². The normalized spacial score (nSPS) is 11.7. The van der Waals surface area contributed by atoms with Crippen LogP contribution in [-0.4, -0.2) is 31.0 Å². The van der Waals surface area contributed by atoms with Gasteiger partial charge in [-0.1, -0.05) is 17.3 Å². The molecule has 0 fully saturated rings. The first kappa shape index (κ1) is 22.5. The van der Waals surface area contributed by atoms with Gasteiger partial charge < -0.3 is 14.3 Å². The fourth-order valence-corrected chi connectivity index (χ4v) is 3.02. The summed E-state index contributed by atoms with van der Waals surface area (Å²) in [5.74, 6) is 1.84. The second kappa shape index (κ2) is 11.9. The van der Waals surface area contributed by atoms with Crippen molar-refractivity contribution in [1.82, 2.24) is 4.98 Å². The topological polar surface area (TPSA) is 52.9 Å². The van der Waals surface area contributed by atoms with E-state index in [1.165, 1.54) is 0 Å². The molecule has 1 aromatic carbocycles. The maximum absolute atomic E-state index is 6.04. The van der Waals surface area contributed by atoms with Gasteiger partial charge in [0.05, 0.1) is 12.3 Å². The van der Waals surface area contributed by atoms with E-state index in [-0.39, 0.29) is 0 Å². The SMILES string of the molecule is C/C=C/COc1cc(C)c(OCCCCc2ccc(C(C)=NOC)cn2)c(C)c1. The molecule has 0 N–H and O–H groups in total. The van der Waals surface area contributed by atoms with Crippen molar-refractivity contribution in [3.63, 3.8) is 0 Å². The molecule has 0 aliphatic carbocycles. The van der Waals surface area contributed by atoms with E-state index >= 15 is 0 Å². The van der Waals surface area contributed by atoms with E-state index < -0.39 is 0 Å². The zero-order valence-electron chi connectivity index (χ0n) is 18.2. The van der Waals surface area contributed by atoms with Gasteiger partial charge in [0.2, 0.25) is 0 Å². The monoisotopic (exact) mass is 396 g/mol. The molecule has 5 heteroatoms. The van der Waals surface area contributed by atoms with Crippen LogP contribution in [-0.2, 0) is 11.3 Å². The van der Waals surface area contributed by atoms with Crippen LogP contribution in [0.1, 0.15) is 49.1 Å². The lowest BCUT2D eigenvalue weighted by atomic mass is 10.1. The zero-order valence-corrected chi connectivity index (χ0v) is 18.2. The van der Waals surface area contributed by atoms with Crippen molar-refractivity contribution in [3.05, 3.63) is 65.0 Å². The van der Waals surface area contributed by atoms with Gasteiger partial charge in [0, 0.05) is 17.5 Å². The molecule has 0 saturated carbocycles. The maximum atomic E-state index is 6.04. The molecule has 1 aromatic heterocycles. The van der Waals surface area contributed by atoms with Crippen molar-refractivity contribution in [3.8, 4) is 11.5 Å². The second-order valence-electron chi connectivity index (χ2n) is 6.97. The Hall–Kier alpha value is -2.82. The van der Waals surface area contributed by atoms with Gasteiger partial charge in [0.25, 0.3) is 0 Å². The molecule has 2 rings (SSSR count). The molecule has 0 amide bonds. The Balaban J connectivity index is 1.78. The highest BCUT2D eigenvalue weighted by Crippen LogP contribution is 2.28. The number of aryl methyl sites for hydroxylation is 3. The summed E-state index contributed by atoms with van der Waals surface area (Å²) in [6, 6.07) is 8.15. The molecule has 0 spiro atoms. The van der Waals surface area contributed by atoms with Crippen LogP contribution < -0.4 is 9.47 Å². The van der Waals surface area contributed by atoms with Crippen LogP contribution in [0.15, 0.2) is 47.8 Å². The molecule has 156 valence electrons. The average molecular weight is 397 g/mol. The van der Waals surface area contributed by atoms with Crippen LogP contribution in [0.25, 0.3) is 0 Å². The summed E-state index contributed by atoms with van der Waals surface area (Å²) in [4.78, 5) is 9.31. The second-order valence-corrected chi connectivity index (χ2v) is 6.97. The number of hydrogen-bond acceptors (Lipinski definition) is 5. The highest BCUT2D eigenvalue weighted by Gasteiger charge is 2.07. The van der Waals surface area contributed by atoms with Crippen molar-refractivity contribution in [2.24, 2.45) is 5.16 Å². The number of allylic oxidation sites excluding steroid dienone is 1. The first-order chi connectivity index (χ1) is 14.0. The van der Waals surface area contributed by atoms with Crippen molar-refractivity contribution in [2.45, 2.75) is 47.0 Å². The van der Waals surface area contributed by atoms with Gasteiger partial charge >= 0.3 is 0 Å². The summed E-state index contributed by atoms with van der Waals surface area (Å²) < 4.78 is 11.8. The number of unbranched alkanes of at least 4 members (excludes halogenated alkanes) is 1. The van der Waals surface area contributed by atoms with Crippen molar-refractivity contribution in [1.29, 1.82) is 0 Å². The summed E-state index contributed by atoms with van der Waals surface area (Å²) in [5.41, 5.74) is 5.08. The van der Waals surface area contributed by atoms with Crippen LogP contribution in [0.2, 0.25) is 0 Å². The fourth-order valence-electron chi connectivity index (χ4n) is 3.02. The number of pyridine rings is 1. The molecule has 0 saturated heterocycles. The summed E-state index contributed by atoms with van der Waals surface area (Å²) in [7, 11) is 1.55. The third-order valence-electron chi connectivity index (χ3n) is 4.56. The van der Waals surface area contributed by atoms with Crippen molar-refractivity contribution < 1.29 is 14.3 Å². The Morgan fingerprint density at radius 2 is 1.86 bits per heavy atom. The summed E-state index contributed by atoms with van der Waals surface area (Å²) in [5, 5.41) is 3.93. The number of rotatable bonds is 11. The van der Waals surface area contributed by atoms with Crippen molar-refractivity contribution >= 4 is 5.71 Å². The molecule has 0 unspecified atom stereocenters. The van der Waals surface area contributed by atoms with Crippen LogP contribution in [0, 0.1) is 13.8 Å². The fraction of sp³-hybridized carbons (Fsp3) is 0.417. The Labute approximate surface area is 174 Å². The summed E-state index contributed by atoms with van der Waals surface area (Å²) in [6.07, 6.45) is 8.76. The minimum absolute atomic E-state index is 0.587. The smallest absolute Gasteiger partial charge is 0.125 e. The van der Waals surface area contributed by atoms with Gasteiger partial charge in [-0.3, -0.25) is 4.98 Å². The molecule has 0 aliphatic heterocycles. The minimum atomic E-state index is 0.587. The Kier molecular flexibility index (Phi) is 9.22. The third-order valence-corrected chi connectivity index (χ3v) is 4.56. The molecule has 2 aromatic rings. The molecule has 0 bridgehead atoms. The largest absolute Gasteiger partial charge is 0.493 e. The van der Waals surface area contributed by atoms with Gasteiger partial charge in [-0.15, -0.1) is 0 Å². The quantitative estimate of drug-likeness (QED) is 0.220. The van der Waals surface area contributed by atoms with Gasteiger partial charge in [-0.05, 0) is 82.3 Å². The maximum Gasteiger partial charge on any atom is 0.125 e. The first-order valence-electron chi connectivity index (χ1n) is 10.1. The van der Waals surface area contributed by atoms with Gasteiger partial charge in [-0.25, -0.2) is 0 Å². The first-order valence-corrected chi connectivity index (χ1v) is 10.1. The Morgan fingerprint density at radius 1 is 1.10 bits per heavy atom. The van der Waals surface area contributed by atoms with Crippen LogP contribution in [0.5, 0.6) is 11.5 Å². The molecule has 0 aliphatic rings. The minimum Gasteiger partial charge on any atom is -0.493 e. The van der Waals surface area contributed by atoms with Crippen LogP contribution in [0.4, 0.5) is 0 Å². The summed E-state index contributed by atoms with van der Waals surface area (Å²) >= 11 is 0. The lowest BCUT2D eigenvalue weighted by Gasteiger charge is -2.14. The molecular weight excluding hydrogens is 364 g/mol. The Morgan fingerprint density at radius 3 is 2.48 bits per heavy atom. The predicted molar refractivity (Wildman–Crippen MR) is 118 cm³/mol. The highest BCUT2D eigenvalue weighted by molar-refractivity contribution is 5.97. The van der Waals surface area contributed by atoms with E-state index in [4.69, 9.17) is 14.3 Å². The lowest BCUT2D eigenvalue weighted by Crippen LogP contribution is -2.03. The lowest BCUT2D eigenvalue weighted by molar-refractivity contribution is 0.213. The number of benzene rings is 1. The molecule has 29 heavy (non-hydrogen) atoms. The van der Waals surface area contributed by atoms with Gasteiger partial charge in [0.15, 0.2) is 0 Å². The molecule has 1 heterocycles. The van der Waals surface area contributed by atoms with Gasteiger partial charge in [-0.2, -0.15) is 0 Å². The Bertz CT molecular complexity index is 804. The number of hydrogen-bond donors (Lipinski definition) is 0. The van der Waals surface area contributed by atoms with Gasteiger partial charge in [0.1, 0.15) is 25.2 Å². The highest BCUT2D eigenvalue weighted by atomic mass is 16.6. The molecule has 0 atom stereocenters. The van der Waals surface area contributed by atoms with Crippen LogP contribution in [0.3, 0.4) is 0 Å². The molecule has 0 radical (unpaired) electrons. The number of oxime groups is 1. The van der Waals surface area contributed by atoms with E-state index in [1.54, 1.807) is 7.11 Å². The van der Waals surface area contributed by atoms with Crippen molar-refractivity contribution in [2.75, 3.05) is 20.3 Å².